The molecule has 1 N–H and O–H groups in total. The van der Waals surface area contributed by atoms with Crippen molar-refractivity contribution in [1.29, 1.82) is 0 Å². The molecule has 0 radical (unpaired) electrons. The van der Waals surface area contributed by atoms with Gasteiger partial charge in [-0.1, -0.05) is 42.5 Å². The molecular weight excluding hydrogens is 264 g/mol. The first-order valence-electron chi connectivity index (χ1n) is 7.14. The van der Waals surface area contributed by atoms with Crippen LogP contribution in [-0.2, 0) is 5.60 Å². The van der Waals surface area contributed by atoms with Crippen molar-refractivity contribution < 1.29 is 9.47 Å². The zero-order chi connectivity index (χ0) is 14.1. The molecule has 0 bridgehead atoms. The smallest absolute Gasteiger partial charge is 0.224 e. The molecule has 4 heteroatoms. The number of hydrogen-bond acceptors (Lipinski definition) is 4. The van der Waals surface area contributed by atoms with Crippen LogP contribution in [0.5, 0.6) is 11.5 Å². The van der Waals surface area contributed by atoms with Crippen molar-refractivity contribution in [3.05, 3.63) is 60.2 Å². The van der Waals surface area contributed by atoms with Gasteiger partial charge in [0.15, 0.2) is 11.5 Å². The minimum atomic E-state index is -0.688. The fourth-order valence-corrected chi connectivity index (χ4v) is 2.82. The van der Waals surface area contributed by atoms with Crippen LogP contribution in [0.25, 0.3) is 0 Å². The number of hydrogen-bond donors (Lipinski definition) is 1. The number of aliphatic imine (C=N–C) groups is 1. The molecule has 4 rings (SSSR count). The van der Waals surface area contributed by atoms with Crippen molar-refractivity contribution in [2.45, 2.75) is 5.60 Å². The fraction of sp³-hybridized carbons (Fsp3) is 0.235. The summed E-state index contributed by atoms with van der Waals surface area (Å²) < 4.78 is 12.3. The average Bonchev–Trinajstić information content (AvgIpc) is 3.10. The Morgan fingerprint density at radius 3 is 2.48 bits per heavy atom. The van der Waals surface area contributed by atoms with Gasteiger partial charge in [-0.2, -0.15) is 0 Å². The van der Waals surface area contributed by atoms with Crippen LogP contribution >= 0.6 is 0 Å². The Morgan fingerprint density at radius 2 is 1.71 bits per heavy atom. The maximum atomic E-state index is 6.37. The van der Waals surface area contributed by atoms with E-state index in [2.05, 4.69) is 22.4 Å². The van der Waals surface area contributed by atoms with Crippen molar-refractivity contribution in [2.75, 3.05) is 19.7 Å². The van der Waals surface area contributed by atoms with Crippen molar-refractivity contribution in [1.82, 2.24) is 5.32 Å². The Labute approximate surface area is 123 Å². The van der Waals surface area contributed by atoms with E-state index in [4.69, 9.17) is 9.47 Å². The van der Waals surface area contributed by atoms with Crippen LogP contribution in [-0.4, -0.2) is 25.5 Å². The van der Waals surface area contributed by atoms with Crippen molar-refractivity contribution in [3.8, 4) is 11.5 Å². The van der Waals surface area contributed by atoms with Gasteiger partial charge in [0.1, 0.15) is 12.4 Å². The van der Waals surface area contributed by atoms with Crippen LogP contribution in [0.2, 0.25) is 0 Å². The van der Waals surface area contributed by atoms with Crippen LogP contribution in [0.4, 0.5) is 0 Å². The summed E-state index contributed by atoms with van der Waals surface area (Å²) in [7, 11) is 0. The number of benzene rings is 2. The normalized spacial score (nSPS) is 23.3. The Bertz CT molecular complexity index is 684. The summed E-state index contributed by atoms with van der Waals surface area (Å²) in [5.74, 6) is 2.38. The Morgan fingerprint density at radius 1 is 0.952 bits per heavy atom. The number of ether oxygens (including phenoxy) is 2. The highest BCUT2D eigenvalue weighted by Gasteiger charge is 2.45. The molecule has 0 fully saturated rings. The lowest BCUT2D eigenvalue weighted by Gasteiger charge is -2.38. The summed E-state index contributed by atoms with van der Waals surface area (Å²) in [4.78, 5) is 4.58. The topological polar surface area (TPSA) is 42.9 Å². The molecule has 4 nitrogen and oxygen atoms in total. The lowest BCUT2D eigenvalue weighted by Crippen LogP contribution is -2.53. The van der Waals surface area contributed by atoms with Gasteiger partial charge in [0, 0.05) is 12.1 Å². The van der Waals surface area contributed by atoms with Gasteiger partial charge >= 0.3 is 0 Å². The first-order valence-corrected chi connectivity index (χ1v) is 7.14. The molecule has 0 saturated heterocycles. The lowest BCUT2D eigenvalue weighted by atomic mass is 9.92. The summed E-state index contributed by atoms with van der Waals surface area (Å²) in [6.07, 6.45) is 0. The van der Waals surface area contributed by atoms with Crippen molar-refractivity contribution in [2.24, 2.45) is 4.99 Å². The largest absolute Gasteiger partial charge is 0.485 e. The molecular formula is C17H16N2O2. The molecule has 106 valence electrons. The van der Waals surface area contributed by atoms with Gasteiger partial charge in [0.05, 0.1) is 6.54 Å². The van der Waals surface area contributed by atoms with Crippen LogP contribution < -0.4 is 14.8 Å². The van der Waals surface area contributed by atoms with E-state index < -0.39 is 5.60 Å². The van der Waals surface area contributed by atoms with E-state index in [9.17, 15) is 0 Å². The van der Waals surface area contributed by atoms with Gasteiger partial charge < -0.3 is 14.8 Å². The molecule has 2 aromatic rings. The number of para-hydroxylation sites is 2. The van der Waals surface area contributed by atoms with E-state index in [0.717, 1.165) is 36.0 Å². The van der Waals surface area contributed by atoms with E-state index in [1.54, 1.807) is 0 Å². The molecule has 0 unspecified atom stereocenters. The summed E-state index contributed by atoms with van der Waals surface area (Å²) in [6.45, 7) is 2.03. The molecule has 2 aromatic carbocycles. The van der Waals surface area contributed by atoms with Gasteiger partial charge in [-0.3, -0.25) is 4.99 Å². The molecule has 2 aliphatic heterocycles. The Kier molecular flexibility index (Phi) is 2.81. The molecule has 0 aliphatic carbocycles. The number of nitrogens with zero attached hydrogens (tertiary/aromatic N) is 1. The van der Waals surface area contributed by atoms with Gasteiger partial charge in [0.25, 0.3) is 0 Å². The molecule has 21 heavy (non-hydrogen) atoms. The summed E-state index contributed by atoms with van der Waals surface area (Å²) in [5, 5.41) is 3.34. The zero-order valence-electron chi connectivity index (χ0n) is 11.6. The Hall–Kier alpha value is -2.49. The first kappa shape index (κ1) is 12.3. The van der Waals surface area contributed by atoms with Gasteiger partial charge in [-0.05, 0) is 12.1 Å². The van der Waals surface area contributed by atoms with E-state index >= 15 is 0 Å². The van der Waals surface area contributed by atoms with Gasteiger partial charge in [-0.15, -0.1) is 0 Å². The molecule has 2 aliphatic rings. The van der Waals surface area contributed by atoms with Gasteiger partial charge in [-0.25, -0.2) is 0 Å². The summed E-state index contributed by atoms with van der Waals surface area (Å²) >= 11 is 0. The van der Waals surface area contributed by atoms with Crippen molar-refractivity contribution in [3.63, 3.8) is 0 Å². The standard InChI is InChI=1S/C17H16N2O2/c1-2-6-13(7-3-1)17(16-18-10-11-19-16)12-20-14-8-4-5-9-15(14)21-17/h1-9H,10-12H2,(H,18,19)/t17-/m1/s1. The van der Waals surface area contributed by atoms with E-state index in [0.29, 0.717) is 6.61 Å². The third-order valence-corrected chi connectivity index (χ3v) is 3.86. The predicted octanol–water partition coefficient (Wildman–Crippen LogP) is 2.36. The van der Waals surface area contributed by atoms with E-state index in [1.807, 2.05) is 42.5 Å². The second-order valence-electron chi connectivity index (χ2n) is 5.19. The molecule has 1 atom stereocenters. The SMILES string of the molecule is c1ccc([C@@]2(C3=NCCN3)COc3ccccc3O2)cc1. The van der Waals surface area contributed by atoms with Gasteiger partial charge in [0.2, 0.25) is 5.60 Å². The predicted molar refractivity (Wildman–Crippen MR) is 81.0 cm³/mol. The molecule has 2 heterocycles. The summed E-state index contributed by atoms with van der Waals surface area (Å²) in [6, 6.07) is 17.9. The van der Waals surface area contributed by atoms with Crippen LogP contribution in [0.1, 0.15) is 5.56 Å². The van der Waals surface area contributed by atoms with Crippen LogP contribution in [0.3, 0.4) is 0 Å². The Balaban J connectivity index is 1.83. The quantitative estimate of drug-likeness (QED) is 0.918. The maximum Gasteiger partial charge on any atom is 0.224 e. The maximum absolute atomic E-state index is 6.37. The lowest BCUT2D eigenvalue weighted by molar-refractivity contribution is 0.0409. The second-order valence-corrected chi connectivity index (χ2v) is 5.19. The van der Waals surface area contributed by atoms with E-state index in [1.165, 1.54) is 0 Å². The minimum absolute atomic E-state index is 0.417. The van der Waals surface area contributed by atoms with E-state index in [-0.39, 0.29) is 0 Å². The second kappa shape index (κ2) is 4.81. The number of nitrogens with one attached hydrogen (secondary N) is 1. The first-order chi connectivity index (χ1) is 10.4. The van der Waals surface area contributed by atoms with Crippen LogP contribution in [0.15, 0.2) is 59.6 Å². The molecule has 0 spiro atoms. The molecule has 0 amide bonds. The molecule has 0 saturated carbocycles. The van der Waals surface area contributed by atoms with Crippen molar-refractivity contribution >= 4 is 5.84 Å². The highest BCUT2D eigenvalue weighted by atomic mass is 16.6. The zero-order valence-corrected chi connectivity index (χ0v) is 11.6. The fourth-order valence-electron chi connectivity index (χ4n) is 2.82. The summed E-state index contributed by atoms with van der Waals surface area (Å²) in [5.41, 5.74) is 0.360. The third kappa shape index (κ3) is 1.95. The minimum Gasteiger partial charge on any atom is -0.485 e. The highest BCUT2D eigenvalue weighted by Crippen LogP contribution is 2.40. The monoisotopic (exact) mass is 280 g/mol. The third-order valence-electron chi connectivity index (χ3n) is 3.86. The number of amidine groups is 1. The number of fused-ring (bicyclic) bond motifs is 1. The van der Waals surface area contributed by atoms with Crippen LogP contribution in [0, 0.1) is 0 Å². The average molecular weight is 280 g/mol. The highest BCUT2D eigenvalue weighted by molar-refractivity contribution is 5.93. The molecule has 0 aromatic heterocycles. The number of rotatable bonds is 2.